The van der Waals surface area contributed by atoms with Crippen molar-refractivity contribution in [1.29, 1.82) is 0 Å². The first kappa shape index (κ1) is 16.1. The van der Waals surface area contributed by atoms with Crippen LogP contribution in [0.15, 0.2) is 23.1 Å². The predicted molar refractivity (Wildman–Crippen MR) is 87.0 cm³/mol. The maximum absolute atomic E-state index is 12.1. The molecule has 1 aromatic rings. The topological polar surface area (TPSA) is 75.4 Å². The molecule has 0 heterocycles. The second kappa shape index (κ2) is 6.66. The Bertz CT molecular complexity index is 581. The van der Waals surface area contributed by atoms with Gasteiger partial charge in [-0.3, -0.25) is 0 Å². The molecule has 0 amide bonds. The van der Waals surface area contributed by atoms with Gasteiger partial charge >= 0.3 is 0 Å². The minimum Gasteiger partial charge on any atom is -0.397 e. The van der Waals surface area contributed by atoms with Crippen molar-refractivity contribution in [2.75, 3.05) is 24.2 Å². The summed E-state index contributed by atoms with van der Waals surface area (Å²) in [6.07, 6.45) is 6.02. The summed E-state index contributed by atoms with van der Waals surface area (Å²) in [5.41, 5.74) is 7.49. The summed E-state index contributed by atoms with van der Waals surface area (Å²) in [4.78, 5) is 2.41. The molecular formula is C15H25N3O2S. The van der Waals surface area contributed by atoms with Crippen molar-refractivity contribution >= 4 is 21.4 Å². The highest BCUT2D eigenvalue weighted by Gasteiger charge is 2.22. The van der Waals surface area contributed by atoms with E-state index in [0.29, 0.717) is 18.3 Å². The first-order valence-corrected chi connectivity index (χ1v) is 9.06. The first-order valence-electron chi connectivity index (χ1n) is 7.57. The Morgan fingerprint density at radius 1 is 1.29 bits per heavy atom. The fraction of sp³-hybridized carbons (Fsp3) is 0.600. The van der Waals surface area contributed by atoms with Crippen LogP contribution in [0.25, 0.3) is 0 Å². The number of nitrogen functional groups attached to an aromatic ring is 1. The summed E-state index contributed by atoms with van der Waals surface area (Å²) < 4.78 is 26.8. The summed E-state index contributed by atoms with van der Waals surface area (Å²) in [5.74, 6) is 0. The van der Waals surface area contributed by atoms with Gasteiger partial charge in [0.05, 0.1) is 16.3 Å². The van der Waals surface area contributed by atoms with Crippen molar-refractivity contribution in [2.45, 2.75) is 50.0 Å². The average Bonchev–Trinajstić information content (AvgIpc) is 2.47. The second-order valence-electron chi connectivity index (χ2n) is 5.62. The molecule has 2 rings (SSSR count). The maximum atomic E-state index is 12.1. The molecule has 1 saturated carbocycles. The van der Waals surface area contributed by atoms with Gasteiger partial charge in [-0.2, -0.15) is 0 Å². The van der Waals surface area contributed by atoms with Crippen molar-refractivity contribution < 1.29 is 8.42 Å². The van der Waals surface area contributed by atoms with Gasteiger partial charge < -0.3 is 10.6 Å². The van der Waals surface area contributed by atoms with Gasteiger partial charge in [0.15, 0.2) is 0 Å². The smallest absolute Gasteiger partial charge is 0.240 e. The third-order valence-corrected chi connectivity index (χ3v) is 5.69. The van der Waals surface area contributed by atoms with Crippen molar-refractivity contribution in [3.63, 3.8) is 0 Å². The number of hydrogen-bond acceptors (Lipinski definition) is 4. The van der Waals surface area contributed by atoms with E-state index in [9.17, 15) is 8.42 Å². The number of nitrogens with two attached hydrogens (primary N) is 1. The van der Waals surface area contributed by atoms with Gasteiger partial charge in [-0.25, -0.2) is 13.1 Å². The van der Waals surface area contributed by atoms with E-state index in [0.717, 1.165) is 18.5 Å². The van der Waals surface area contributed by atoms with Crippen LogP contribution in [0.2, 0.25) is 0 Å². The molecule has 0 spiro atoms. The second-order valence-corrected chi connectivity index (χ2v) is 7.39. The average molecular weight is 311 g/mol. The highest BCUT2D eigenvalue weighted by Crippen LogP contribution is 2.31. The Kier molecular flexibility index (Phi) is 5.11. The lowest BCUT2D eigenvalue weighted by Crippen LogP contribution is -2.34. The SMILES string of the molecule is CCNS(=O)(=O)c1ccc(N)c(N(C)C2CCCCC2)c1. The van der Waals surface area contributed by atoms with Gasteiger partial charge in [-0.1, -0.05) is 26.2 Å². The molecule has 0 saturated heterocycles. The van der Waals surface area contributed by atoms with Gasteiger partial charge in [-0.15, -0.1) is 0 Å². The zero-order valence-electron chi connectivity index (χ0n) is 12.8. The zero-order chi connectivity index (χ0) is 15.5. The molecule has 21 heavy (non-hydrogen) atoms. The van der Waals surface area contributed by atoms with Crippen LogP contribution >= 0.6 is 0 Å². The Hall–Kier alpha value is -1.27. The van der Waals surface area contributed by atoms with Crippen LogP contribution in [0.1, 0.15) is 39.0 Å². The van der Waals surface area contributed by atoms with Crippen LogP contribution in [0.4, 0.5) is 11.4 Å². The molecule has 1 aliphatic rings. The summed E-state index contributed by atoms with van der Waals surface area (Å²) >= 11 is 0. The highest BCUT2D eigenvalue weighted by atomic mass is 32.2. The zero-order valence-corrected chi connectivity index (χ0v) is 13.6. The van der Waals surface area contributed by atoms with Crippen LogP contribution in [-0.4, -0.2) is 28.1 Å². The lowest BCUT2D eigenvalue weighted by atomic mass is 9.94. The van der Waals surface area contributed by atoms with Crippen LogP contribution < -0.4 is 15.4 Å². The van der Waals surface area contributed by atoms with Gasteiger partial charge in [0.1, 0.15) is 0 Å². The highest BCUT2D eigenvalue weighted by molar-refractivity contribution is 7.89. The van der Waals surface area contributed by atoms with E-state index in [4.69, 9.17) is 5.73 Å². The van der Waals surface area contributed by atoms with Crippen molar-refractivity contribution in [3.8, 4) is 0 Å². The fourth-order valence-electron chi connectivity index (χ4n) is 2.93. The molecule has 5 nitrogen and oxygen atoms in total. The third-order valence-electron chi connectivity index (χ3n) is 4.15. The van der Waals surface area contributed by atoms with E-state index >= 15 is 0 Å². The Morgan fingerprint density at radius 2 is 1.95 bits per heavy atom. The summed E-state index contributed by atoms with van der Waals surface area (Å²) in [5, 5.41) is 0. The van der Waals surface area contributed by atoms with Gasteiger partial charge in [0.25, 0.3) is 0 Å². The van der Waals surface area contributed by atoms with Gasteiger partial charge in [0, 0.05) is 19.6 Å². The van der Waals surface area contributed by atoms with Gasteiger partial charge in [-0.05, 0) is 31.0 Å². The number of benzene rings is 1. The molecule has 0 atom stereocenters. The molecule has 0 bridgehead atoms. The van der Waals surface area contributed by atoms with Crippen LogP contribution in [0, 0.1) is 0 Å². The van der Waals surface area contributed by atoms with E-state index in [2.05, 4.69) is 9.62 Å². The number of rotatable bonds is 5. The van der Waals surface area contributed by atoms with Crippen LogP contribution in [0.3, 0.4) is 0 Å². The standard InChI is InChI=1S/C15H25N3O2S/c1-3-17-21(19,20)13-9-10-14(16)15(11-13)18(2)12-7-5-4-6-8-12/h9-12,17H,3-8,16H2,1-2H3. The van der Waals surface area contributed by atoms with Crippen molar-refractivity contribution in [3.05, 3.63) is 18.2 Å². The van der Waals surface area contributed by atoms with E-state index in [1.165, 1.54) is 19.3 Å². The van der Waals surface area contributed by atoms with E-state index in [1.807, 2.05) is 7.05 Å². The number of sulfonamides is 1. The fourth-order valence-corrected chi connectivity index (χ4v) is 4.00. The van der Waals surface area contributed by atoms with Gasteiger partial charge in [0.2, 0.25) is 10.0 Å². The lowest BCUT2D eigenvalue weighted by Gasteiger charge is -2.33. The quantitative estimate of drug-likeness (QED) is 0.818. The molecule has 1 aromatic carbocycles. The van der Waals surface area contributed by atoms with E-state index in [-0.39, 0.29) is 4.90 Å². The third kappa shape index (κ3) is 3.68. The predicted octanol–water partition coefficient (Wildman–Crippen LogP) is 2.34. The van der Waals surface area contributed by atoms with Crippen LogP contribution in [0.5, 0.6) is 0 Å². The van der Waals surface area contributed by atoms with E-state index in [1.54, 1.807) is 25.1 Å². The molecule has 3 N–H and O–H groups in total. The maximum Gasteiger partial charge on any atom is 0.240 e. The Morgan fingerprint density at radius 3 is 2.57 bits per heavy atom. The minimum atomic E-state index is -3.45. The number of hydrogen-bond donors (Lipinski definition) is 2. The minimum absolute atomic E-state index is 0.274. The molecule has 1 aliphatic carbocycles. The monoisotopic (exact) mass is 311 g/mol. The molecule has 6 heteroatoms. The molecule has 1 fully saturated rings. The number of nitrogens with one attached hydrogen (secondary N) is 1. The normalized spacial score (nSPS) is 16.9. The van der Waals surface area contributed by atoms with Crippen LogP contribution in [-0.2, 0) is 10.0 Å². The Labute approximate surface area is 127 Å². The summed E-state index contributed by atoms with van der Waals surface area (Å²) in [6, 6.07) is 5.37. The van der Waals surface area contributed by atoms with Crippen molar-refractivity contribution in [1.82, 2.24) is 4.72 Å². The molecule has 0 radical (unpaired) electrons. The largest absolute Gasteiger partial charge is 0.397 e. The van der Waals surface area contributed by atoms with E-state index < -0.39 is 10.0 Å². The number of nitrogens with zero attached hydrogens (tertiary/aromatic N) is 1. The lowest BCUT2D eigenvalue weighted by molar-refractivity contribution is 0.427. The number of anilines is 2. The summed E-state index contributed by atoms with van der Waals surface area (Å²) in [6.45, 7) is 2.14. The first-order chi connectivity index (χ1) is 9.95. The molecular weight excluding hydrogens is 286 g/mol. The molecule has 0 aliphatic heterocycles. The molecule has 118 valence electrons. The molecule has 0 unspecified atom stereocenters. The summed E-state index contributed by atoms with van der Waals surface area (Å²) in [7, 11) is -1.44. The van der Waals surface area contributed by atoms with Crippen molar-refractivity contribution in [2.24, 2.45) is 0 Å². The molecule has 0 aromatic heterocycles. The Balaban J connectivity index is 2.30.